The molecule has 1 aliphatic rings. The molecule has 0 radical (unpaired) electrons. The standard InChI is InChI=1S/C11H16N2.C10H9F2N3.C9H8ClNO.C9H9NO.C8H11NO.C8H10.C7H10N2O.C7H9N/c1-8-6-9(2)12-11-7-13(3)5-4-10(8)11;1-5-3-7-8(13-4-5)6(2)14-10(15-7)9(11)12;1-5-3-7(10)9-8(4-5)11-6(2)12-9;1-6-3-4-9-8(5-6)10-7(2)11-9;1-6-4-5-7(2)9-8(6)10-3;1-7-3-5-8(2)6-4-7;1-5-4-8-6(2)7(9-5)10-3;1-6-3-4-7(2)8-5-6/h6H,4-5,7H2,1-3H3;3-4,9H,1-2H3;3-4H,1-2H3;3-5H,1-2H3;4-5H,1-3H3;3-6H,1-2H3;4H,1-3H3;3-5H,1-2H3. The van der Waals surface area contributed by atoms with Crippen LogP contribution in [0.5, 0.6) is 11.8 Å². The molecule has 0 atom stereocenters. The molecule has 458 valence electrons. The Hall–Kier alpha value is -8.67. The third-order valence-electron chi connectivity index (χ3n) is 13.0. The topological polar surface area (TPSA) is 177 Å². The van der Waals surface area contributed by atoms with Crippen LogP contribution in [0.2, 0.25) is 5.02 Å². The van der Waals surface area contributed by atoms with Crippen molar-refractivity contribution in [1.29, 1.82) is 0 Å². The van der Waals surface area contributed by atoms with Gasteiger partial charge in [0.1, 0.15) is 16.6 Å². The van der Waals surface area contributed by atoms with Gasteiger partial charge in [0.05, 0.1) is 47.5 Å². The number of methoxy groups -OCH3 is 2. The maximum atomic E-state index is 12.4. The quantitative estimate of drug-likeness (QED) is 0.163. The number of ether oxygens (including phenoxy) is 2. The smallest absolute Gasteiger partial charge is 0.297 e. The Morgan fingerprint density at radius 3 is 1.68 bits per heavy atom. The lowest BCUT2D eigenvalue weighted by Gasteiger charge is -2.25. The van der Waals surface area contributed by atoms with Crippen LogP contribution in [-0.4, -0.2) is 82.6 Å². The van der Waals surface area contributed by atoms with E-state index in [4.69, 9.17) is 29.9 Å². The van der Waals surface area contributed by atoms with E-state index in [1.54, 1.807) is 39.6 Å². The molecule has 12 rings (SSSR count). The molecule has 0 amide bonds. The molecule has 0 saturated carbocycles. The van der Waals surface area contributed by atoms with Crippen molar-refractivity contribution in [3.63, 3.8) is 0 Å². The first kappa shape index (κ1) is 69.1. The molecule has 87 heavy (non-hydrogen) atoms. The molecule has 0 aliphatic carbocycles. The van der Waals surface area contributed by atoms with E-state index in [9.17, 15) is 8.78 Å². The fraction of sp³-hybridized carbons (Fsp3) is 0.333. The number of nitrogens with zero attached hydrogens (tertiary/aromatic N) is 11. The summed E-state index contributed by atoms with van der Waals surface area (Å²) in [6, 6.07) is 30.2. The molecule has 11 aromatic rings. The number of oxazole rings is 2. The van der Waals surface area contributed by atoms with E-state index >= 15 is 0 Å². The van der Waals surface area contributed by atoms with E-state index < -0.39 is 12.2 Å². The van der Waals surface area contributed by atoms with Gasteiger partial charge in [-0.1, -0.05) is 65.2 Å². The monoisotopic (exact) mass is 1200 g/mol. The molecule has 0 saturated heterocycles. The SMILES string of the molecule is COc1nc(C)ccc1C.COc1nc(C)cnc1C.Cc1cc(C)c2c(n1)CN(C)CC2.Cc1cc(Cl)c2oc(C)nc2c1.Cc1ccc(C)cc1.Cc1ccc(C)nc1.Cc1ccc2oc(C)nc2c1.Cc1cnc2c(C)nc(C(F)F)nc2c1. The average Bonchev–Trinajstić information content (AvgIpc) is 2.56. The van der Waals surface area contributed by atoms with Crippen LogP contribution in [-0.2, 0) is 13.0 Å². The summed E-state index contributed by atoms with van der Waals surface area (Å²) in [5, 5.41) is 0.630. The Morgan fingerprint density at radius 2 is 1.07 bits per heavy atom. The van der Waals surface area contributed by atoms with Gasteiger partial charge in [-0.2, -0.15) is 0 Å². The number of hydrogen-bond donors (Lipinski definition) is 0. The van der Waals surface area contributed by atoms with Crippen LogP contribution in [0.1, 0.15) is 114 Å². The number of pyridine rings is 4. The largest absolute Gasteiger partial charge is 0.481 e. The van der Waals surface area contributed by atoms with Crippen LogP contribution in [0.25, 0.3) is 33.2 Å². The molecule has 0 N–H and O–H groups in total. The highest BCUT2D eigenvalue weighted by Crippen LogP contribution is 2.26. The molecule has 0 unspecified atom stereocenters. The van der Waals surface area contributed by atoms with E-state index in [1.165, 1.54) is 45.6 Å². The zero-order valence-electron chi connectivity index (χ0n) is 53.8. The Balaban J connectivity index is 0.000000183. The van der Waals surface area contributed by atoms with E-state index in [1.807, 2.05) is 131 Å². The number of benzene rings is 3. The summed E-state index contributed by atoms with van der Waals surface area (Å²) in [6.07, 6.45) is 3.77. The molecular weight excluding hydrogens is 1120 g/mol. The number of likely N-dealkylation sites (N-methyl/N-ethyl adjacent to an activating group) is 1. The molecule has 9 heterocycles. The second-order valence-corrected chi connectivity index (χ2v) is 21.8. The molecule has 3 aromatic carbocycles. The minimum Gasteiger partial charge on any atom is -0.481 e. The van der Waals surface area contributed by atoms with Gasteiger partial charge in [-0.15, -0.1) is 0 Å². The van der Waals surface area contributed by atoms with Crippen molar-refractivity contribution < 1.29 is 27.1 Å². The average molecular weight is 1200 g/mol. The third kappa shape index (κ3) is 22.3. The number of rotatable bonds is 3. The van der Waals surface area contributed by atoms with E-state index in [0.717, 1.165) is 86.5 Å². The molecule has 0 spiro atoms. The number of halogens is 3. The highest BCUT2D eigenvalue weighted by Gasteiger charge is 2.17. The van der Waals surface area contributed by atoms with Crippen molar-refractivity contribution >= 4 is 44.8 Å². The van der Waals surface area contributed by atoms with Gasteiger partial charge in [0.2, 0.25) is 11.8 Å². The molecule has 8 aromatic heterocycles. The highest BCUT2D eigenvalue weighted by atomic mass is 35.5. The van der Waals surface area contributed by atoms with Crippen LogP contribution in [0, 0.1) is 111 Å². The van der Waals surface area contributed by atoms with Crippen LogP contribution in [0.15, 0.2) is 118 Å². The summed E-state index contributed by atoms with van der Waals surface area (Å²) in [4.78, 5) is 43.3. The van der Waals surface area contributed by atoms with Crippen molar-refractivity contribution in [1.82, 2.24) is 54.7 Å². The minimum absolute atomic E-state index is 0.438. The third-order valence-corrected chi connectivity index (χ3v) is 13.3. The maximum Gasteiger partial charge on any atom is 0.297 e. The predicted octanol–water partition coefficient (Wildman–Crippen LogP) is 16.6. The lowest BCUT2D eigenvalue weighted by molar-refractivity contribution is 0.140. The summed E-state index contributed by atoms with van der Waals surface area (Å²) < 4.78 is 45.4. The first-order chi connectivity index (χ1) is 41.2. The van der Waals surface area contributed by atoms with E-state index in [0.29, 0.717) is 39.1 Å². The molecule has 18 heteroatoms. The second kappa shape index (κ2) is 33.3. The molecule has 0 bridgehead atoms. The summed E-state index contributed by atoms with van der Waals surface area (Å²) in [6.45, 7) is 33.5. The fourth-order valence-corrected chi connectivity index (χ4v) is 8.83. The van der Waals surface area contributed by atoms with Gasteiger partial charge in [-0.3, -0.25) is 19.9 Å². The van der Waals surface area contributed by atoms with Gasteiger partial charge in [0, 0.05) is 68.2 Å². The summed E-state index contributed by atoms with van der Waals surface area (Å²) in [5.41, 5.74) is 22.1. The van der Waals surface area contributed by atoms with Crippen molar-refractivity contribution in [3.05, 3.63) is 222 Å². The van der Waals surface area contributed by atoms with Crippen molar-refractivity contribution in [2.75, 3.05) is 27.8 Å². The number of alkyl halides is 2. The molecular formula is C69H82ClF2N11O4. The van der Waals surface area contributed by atoms with Gasteiger partial charge in [0.25, 0.3) is 6.43 Å². The fourth-order valence-electron chi connectivity index (χ4n) is 8.52. The van der Waals surface area contributed by atoms with Crippen LogP contribution >= 0.6 is 11.6 Å². The van der Waals surface area contributed by atoms with Gasteiger partial charge >= 0.3 is 0 Å². The zero-order chi connectivity index (χ0) is 64.1. The Bertz CT molecular complexity index is 3850. The molecule has 0 fully saturated rings. The molecule has 1 aliphatic heterocycles. The molecule has 15 nitrogen and oxygen atoms in total. The van der Waals surface area contributed by atoms with Gasteiger partial charge < -0.3 is 23.2 Å². The Morgan fingerprint density at radius 1 is 0.483 bits per heavy atom. The number of fused-ring (bicyclic) bond motifs is 4. The minimum atomic E-state index is -2.64. The van der Waals surface area contributed by atoms with E-state index in [-0.39, 0.29) is 0 Å². The lowest BCUT2D eigenvalue weighted by Crippen LogP contribution is -2.28. The predicted molar refractivity (Wildman–Crippen MR) is 345 cm³/mol. The van der Waals surface area contributed by atoms with Crippen LogP contribution in [0.4, 0.5) is 8.78 Å². The number of hydrogen-bond acceptors (Lipinski definition) is 15. The van der Waals surface area contributed by atoms with Crippen molar-refractivity contribution in [2.45, 2.75) is 130 Å². The normalized spacial score (nSPS) is 11.3. The first-order valence-electron chi connectivity index (χ1n) is 28.4. The van der Waals surface area contributed by atoms with Crippen LogP contribution < -0.4 is 9.47 Å². The second-order valence-electron chi connectivity index (χ2n) is 21.4. The Kier molecular flexibility index (Phi) is 26.4. The summed E-state index contributed by atoms with van der Waals surface area (Å²) in [7, 11) is 5.38. The van der Waals surface area contributed by atoms with Crippen molar-refractivity contribution in [2.24, 2.45) is 0 Å². The van der Waals surface area contributed by atoms with Gasteiger partial charge in [0.15, 0.2) is 28.8 Å². The maximum absolute atomic E-state index is 12.4. The number of aryl methyl sites for hydroxylation is 16. The lowest BCUT2D eigenvalue weighted by atomic mass is 10.00. The zero-order valence-corrected chi connectivity index (χ0v) is 54.5. The van der Waals surface area contributed by atoms with E-state index in [2.05, 4.69) is 126 Å². The highest BCUT2D eigenvalue weighted by molar-refractivity contribution is 6.34. The first-order valence-corrected chi connectivity index (χ1v) is 28.8. The van der Waals surface area contributed by atoms with Crippen molar-refractivity contribution in [3.8, 4) is 11.8 Å². The van der Waals surface area contributed by atoms with Crippen LogP contribution in [0.3, 0.4) is 0 Å². The Labute approximate surface area is 516 Å². The number of aromatic nitrogens is 10. The summed E-state index contributed by atoms with van der Waals surface area (Å²) in [5.74, 6) is 2.27. The summed E-state index contributed by atoms with van der Waals surface area (Å²) >= 11 is 5.94. The van der Waals surface area contributed by atoms with Gasteiger partial charge in [-0.05, 0) is 192 Å². The van der Waals surface area contributed by atoms with Gasteiger partial charge in [-0.25, -0.2) is 38.7 Å².